The molecule has 0 aromatic carbocycles. The van der Waals surface area contributed by atoms with Crippen LogP contribution in [0.4, 0.5) is 0 Å². The van der Waals surface area contributed by atoms with Crippen LogP contribution in [0, 0.1) is 0 Å². The molecule has 0 spiro atoms. The summed E-state index contributed by atoms with van der Waals surface area (Å²) < 4.78 is 0. The molecule has 0 rings (SSSR count). The van der Waals surface area contributed by atoms with E-state index in [1.165, 1.54) is 36.3 Å². The van der Waals surface area contributed by atoms with Crippen molar-refractivity contribution in [2.75, 3.05) is 12.3 Å². The molecule has 0 bridgehead atoms. The molecule has 0 aliphatic carbocycles. The quantitative estimate of drug-likeness (QED) is 0.160. The Morgan fingerprint density at radius 3 is 0.839 bits per heavy atom. The zero-order valence-electron chi connectivity index (χ0n) is 23.2. The summed E-state index contributed by atoms with van der Waals surface area (Å²) in [5.74, 6) is 0. The van der Waals surface area contributed by atoms with Crippen molar-refractivity contribution in [2.45, 2.75) is 130 Å². The van der Waals surface area contributed by atoms with E-state index in [9.17, 15) is 0 Å². The molecule has 0 aliphatic heterocycles. The van der Waals surface area contributed by atoms with Gasteiger partial charge in [0.15, 0.2) is 0 Å². The van der Waals surface area contributed by atoms with Gasteiger partial charge in [0.25, 0.3) is 0 Å². The summed E-state index contributed by atoms with van der Waals surface area (Å²) in [4.78, 5) is 0. The van der Waals surface area contributed by atoms with Crippen molar-refractivity contribution in [3.8, 4) is 0 Å². The molecule has 0 saturated heterocycles. The van der Waals surface area contributed by atoms with Gasteiger partial charge < -0.3 is 0 Å². The van der Waals surface area contributed by atoms with Crippen molar-refractivity contribution < 1.29 is 15.9 Å². The molecule has 0 aromatic heterocycles. The van der Waals surface area contributed by atoms with E-state index in [1.807, 2.05) is 0 Å². The SMILES string of the molecule is C=C(C)CCP(C(C)(C)C)C(C)(C)C.C=C(C)CCP(C(C)(C)C)C(C)(C)C.[Cl][Pd][Cl]. The van der Waals surface area contributed by atoms with Crippen molar-refractivity contribution in [3.05, 3.63) is 24.3 Å². The number of halogens is 2. The molecule has 0 atom stereocenters. The van der Waals surface area contributed by atoms with Crippen molar-refractivity contribution in [1.29, 1.82) is 0 Å². The third-order valence-corrected chi connectivity index (χ3v) is 12.6. The predicted octanol–water partition coefficient (Wildman–Crippen LogP) is 11.4. The molecule has 0 aliphatic rings. The van der Waals surface area contributed by atoms with E-state index in [1.54, 1.807) is 0 Å². The number of allylic oxidation sites excluding steroid dienone is 2. The summed E-state index contributed by atoms with van der Waals surface area (Å²) in [6, 6.07) is 0. The van der Waals surface area contributed by atoms with Gasteiger partial charge in [-0.25, -0.2) is 0 Å². The summed E-state index contributed by atoms with van der Waals surface area (Å²) in [6.07, 6.45) is 5.05. The molecular formula is C26H54Cl2P2Pd. The zero-order valence-corrected chi connectivity index (χ0v) is 28.1. The molecular weight excluding hydrogens is 552 g/mol. The summed E-state index contributed by atoms with van der Waals surface area (Å²) in [7, 11) is 9.76. The first-order valence-corrected chi connectivity index (χ1v) is 18.2. The average Bonchev–Trinajstić information content (AvgIpc) is 2.42. The number of hydrogen-bond donors (Lipinski definition) is 0. The zero-order chi connectivity index (χ0) is 25.8. The van der Waals surface area contributed by atoms with Crippen LogP contribution < -0.4 is 0 Å². The maximum absolute atomic E-state index is 4.81. The van der Waals surface area contributed by atoms with E-state index >= 15 is 0 Å². The summed E-state index contributed by atoms with van der Waals surface area (Å²) >= 11 is -0.106. The number of rotatable bonds is 6. The summed E-state index contributed by atoms with van der Waals surface area (Å²) in [5, 5.41) is 1.85. The Balaban J connectivity index is -0.000000448. The van der Waals surface area contributed by atoms with Gasteiger partial charge in [0.2, 0.25) is 0 Å². The summed E-state index contributed by atoms with van der Waals surface area (Å²) in [6.45, 7) is 40.8. The Labute approximate surface area is 216 Å². The van der Waals surface area contributed by atoms with E-state index in [-0.39, 0.29) is 31.8 Å². The van der Waals surface area contributed by atoms with E-state index in [2.05, 4.69) is 110 Å². The van der Waals surface area contributed by atoms with Gasteiger partial charge in [-0.2, -0.15) is 0 Å². The first-order valence-electron chi connectivity index (χ1n) is 11.2. The fourth-order valence-electron chi connectivity index (χ4n) is 3.96. The maximum atomic E-state index is 4.81. The Morgan fingerprint density at radius 1 is 0.581 bits per heavy atom. The number of hydrogen-bond acceptors (Lipinski definition) is 0. The third kappa shape index (κ3) is 21.8. The molecule has 0 unspecified atom stereocenters. The first-order chi connectivity index (χ1) is 13.5. The normalized spacial score (nSPS) is 12.8. The van der Waals surface area contributed by atoms with Crippen LogP contribution in [-0.2, 0) is 15.9 Å². The van der Waals surface area contributed by atoms with Crippen LogP contribution >= 0.6 is 34.9 Å². The van der Waals surface area contributed by atoms with Crippen LogP contribution in [0.3, 0.4) is 0 Å². The molecule has 0 fully saturated rings. The van der Waals surface area contributed by atoms with Gasteiger partial charge in [-0.15, -0.1) is 13.2 Å². The monoisotopic (exact) mass is 604 g/mol. The standard InChI is InChI=1S/2C13H27P.2ClH.Pd/c2*1-11(2)9-10-14(12(3,4)5)13(6,7)8;;;/h2*1,9-10H2,2-8H3;2*1H;/q;;;;+2/p-2. The van der Waals surface area contributed by atoms with Gasteiger partial charge in [0.05, 0.1) is 0 Å². The first kappa shape index (κ1) is 37.1. The van der Waals surface area contributed by atoms with Gasteiger partial charge in [-0.1, -0.05) is 110 Å². The fourth-order valence-corrected chi connectivity index (χ4v) is 11.9. The summed E-state index contributed by atoms with van der Waals surface area (Å²) in [5.41, 5.74) is 2.65. The van der Waals surface area contributed by atoms with Gasteiger partial charge >= 0.3 is 35.0 Å². The molecule has 0 nitrogen and oxygen atoms in total. The topological polar surface area (TPSA) is 0 Å². The van der Waals surface area contributed by atoms with Crippen LogP contribution in [0.1, 0.15) is 110 Å². The van der Waals surface area contributed by atoms with Gasteiger partial charge in [-0.05, 0) is 59.6 Å². The van der Waals surface area contributed by atoms with Crippen molar-refractivity contribution in [1.82, 2.24) is 0 Å². The Bertz CT molecular complexity index is 429. The van der Waals surface area contributed by atoms with Crippen LogP contribution in [0.15, 0.2) is 24.3 Å². The molecule has 31 heavy (non-hydrogen) atoms. The molecule has 5 heteroatoms. The van der Waals surface area contributed by atoms with Crippen LogP contribution in [0.5, 0.6) is 0 Å². The van der Waals surface area contributed by atoms with Crippen molar-refractivity contribution in [2.24, 2.45) is 0 Å². The van der Waals surface area contributed by atoms with Crippen LogP contribution in [0.2, 0.25) is 0 Å². The molecule has 0 aromatic rings. The minimum atomic E-state index is -0.106. The second-order valence-corrected chi connectivity index (χ2v) is 22.8. The van der Waals surface area contributed by atoms with Crippen molar-refractivity contribution in [3.63, 3.8) is 0 Å². The predicted molar refractivity (Wildman–Crippen MR) is 153 cm³/mol. The second-order valence-electron chi connectivity index (χ2n) is 12.4. The molecule has 192 valence electrons. The Hall–Kier alpha value is 1.58. The van der Waals surface area contributed by atoms with E-state index in [0.29, 0.717) is 20.6 Å². The fraction of sp³-hybridized carbons (Fsp3) is 0.846. The van der Waals surface area contributed by atoms with Crippen LogP contribution in [-0.4, -0.2) is 32.9 Å². The molecule has 0 radical (unpaired) electrons. The molecule has 0 N–H and O–H groups in total. The van der Waals surface area contributed by atoms with Gasteiger partial charge in [0.1, 0.15) is 0 Å². The van der Waals surface area contributed by atoms with Crippen LogP contribution in [0.25, 0.3) is 0 Å². The minimum absolute atomic E-state index is 0.0639. The molecule has 0 saturated carbocycles. The molecule has 0 heterocycles. The van der Waals surface area contributed by atoms with E-state index in [4.69, 9.17) is 19.1 Å². The van der Waals surface area contributed by atoms with Gasteiger partial charge in [0, 0.05) is 0 Å². The van der Waals surface area contributed by atoms with E-state index in [0.717, 1.165) is 0 Å². The molecule has 0 amide bonds. The Morgan fingerprint density at radius 2 is 0.742 bits per heavy atom. The third-order valence-electron chi connectivity index (χ3n) is 4.76. The van der Waals surface area contributed by atoms with Crippen molar-refractivity contribution >= 4 is 34.9 Å². The Kier molecular flexibility index (Phi) is 19.5. The van der Waals surface area contributed by atoms with Gasteiger partial charge in [-0.3, -0.25) is 0 Å². The van der Waals surface area contributed by atoms with E-state index < -0.39 is 0 Å². The second kappa shape index (κ2) is 16.3. The average molecular weight is 606 g/mol.